The van der Waals surface area contributed by atoms with Crippen LogP contribution in [-0.2, 0) is 29.1 Å². The zero-order valence-corrected chi connectivity index (χ0v) is 12.4. The summed E-state index contributed by atoms with van der Waals surface area (Å²) < 4.78 is 0. The molecule has 0 amide bonds. The van der Waals surface area contributed by atoms with Gasteiger partial charge in [-0.05, 0) is 14.1 Å². The molecule has 0 rings (SSSR count). The monoisotopic (exact) mass is 315 g/mol. The summed E-state index contributed by atoms with van der Waals surface area (Å²) in [6, 6.07) is 0. The summed E-state index contributed by atoms with van der Waals surface area (Å²) >= 11 is 0. The summed E-state index contributed by atoms with van der Waals surface area (Å²) in [4.78, 5) is 20.7. The molecule has 0 saturated carbocycles. The van der Waals surface area contributed by atoms with E-state index in [1.165, 1.54) is 5.92 Å². The maximum absolute atomic E-state index is 7.75. The van der Waals surface area contributed by atoms with Crippen LogP contribution in [-0.4, -0.2) is 45.7 Å². The number of hydrogen-bond donors (Lipinski definition) is 0. The molecular weight excluding hydrogens is 293 g/mol. The molecule has 0 radical (unpaired) electrons. The molecule has 0 aliphatic rings. The Morgan fingerprint density at radius 2 is 1.38 bits per heavy atom. The van der Waals surface area contributed by atoms with Gasteiger partial charge in [-0.15, -0.1) is 0 Å². The minimum absolute atomic E-state index is 0. The smallest absolute Gasteiger partial charge is 0.545 e. The van der Waals surface area contributed by atoms with Gasteiger partial charge >= 0.3 is 19.5 Å². The second kappa shape index (κ2) is 36.6. The van der Waals surface area contributed by atoms with Crippen molar-refractivity contribution in [3.05, 3.63) is 17.3 Å². The van der Waals surface area contributed by atoms with Crippen LogP contribution in [0.3, 0.4) is 0 Å². The van der Waals surface area contributed by atoms with E-state index < -0.39 is 0 Å². The third-order valence-electron chi connectivity index (χ3n) is 0.659. The van der Waals surface area contributed by atoms with Crippen molar-refractivity contribution in [2.75, 3.05) is 27.2 Å². The van der Waals surface area contributed by atoms with Crippen molar-refractivity contribution in [2.45, 2.75) is 20.8 Å². The van der Waals surface area contributed by atoms with E-state index in [1.807, 2.05) is 19.0 Å². The minimum Gasteiger partial charge on any atom is -0.545 e. The Hall–Kier alpha value is -0.587. The van der Waals surface area contributed by atoms with Crippen LogP contribution in [0.1, 0.15) is 20.8 Å². The second-order valence-corrected chi connectivity index (χ2v) is 3.18. The zero-order valence-electron chi connectivity index (χ0n) is 10.6. The van der Waals surface area contributed by atoms with Crippen molar-refractivity contribution in [3.8, 4) is 0 Å². The van der Waals surface area contributed by atoms with E-state index in [0.29, 0.717) is 6.54 Å². The predicted molar refractivity (Wildman–Crippen MR) is 63.8 cm³/mol. The molecule has 0 aromatic heterocycles. The molecule has 0 spiro atoms. The summed E-state index contributed by atoms with van der Waals surface area (Å²) in [6.45, 7) is 20.6. The Bertz CT molecular complexity index is 132. The van der Waals surface area contributed by atoms with E-state index >= 15 is 0 Å². The van der Waals surface area contributed by atoms with Gasteiger partial charge in [-0.3, -0.25) is 13.6 Å². The fourth-order valence-electron chi connectivity index (χ4n) is 0.250. The van der Waals surface area contributed by atoms with E-state index in [2.05, 4.69) is 39.2 Å². The van der Waals surface area contributed by atoms with Gasteiger partial charge in [0.2, 0.25) is 6.54 Å². The number of carbonyl (C=O) groups excluding carboxylic acids is 2. The summed E-state index contributed by atoms with van der Waals surface area (Å²) in [5, 5.41) is 0. The largest absolute Gasteiger partial charge is 4.00 e. The van der Waals surface area contributed by atoms with E-state index in [1.54, 1.807) is 0 Å². The SMILES string of the molecule is C[C-](C)C.[C-]#[N+]CCN(C)C.[CH-]=O.[CH-]=O.[Ru+4]. The molecule has 0 saturated heterocycles. The van der Waals surface area contributed by atoms with Gasteiger partial charge in [0.15, 0.2) is 0 Å². The second-order valence-electron chi connectivity index (χ2n) is 3.18. The van der Waals surface area contributed by atoms with Crippen LogP contribution < -0.4 is 0 Å². The molecule has 0 heterocycles. The van der Waals surface area contributed by atoms with Gasteiger partial charge < -0.3 is 25.3 Å². The van der Waals surface area contributed by atoms with Crippen LogP contribution in [0.5, 0.6) is 0 Å². The molecule has 0 fully saturated rings. The Morgan fingerprint density at radius 3 is 1.44 bits per heavy atom. The van der Waals surface area contributed by atoms with E-state index in [9.17, 15) is 0 Å². The molecule has 0 atom stereocenters. The Balaban J connectivity index is -0.0000000388. The van der Waals surface area contributed by atoms with Crippen LogP contribution >= 0.6 is 0 Å². The Morgan fingerprint density at radius 1 is 1.12 bits per heavy atom. The van der Waals surface area contributed by atoms with Gasteiger partial charge in [0, 0.05) is 0 Å². The van der Waals surface area contributed by atoms with Gasteiger partial charge in [0.1, 0.15) is 0 Å². The summed E-state index contributed by atoms with van der Waals surface area (Å²) in [5.74, 6) is 1.42. The van der Waals surface area contributed by atoms with Crippen LogP contribution in [0.25, 0.3) is 4.85 Å². The van der Waals surface area contributed by atoms with Gasteiger partial charge in [0.25, 0.3) is 0 Å². The predicted octanol–water partition coefficient (Wildman–Crippen LogP) is 1.54. The van der Waals surface area contributed by atoms with Crippen molar-refractivity contribution in [2.24, 2.45) is 0 Å². The summed E-state index contributed by atoms with van der Waals surface area (Å²) in [7, 11) is 3.93. The van der Waals surface area contributed by atoms with E-state index in [-0.39, 0.29) is 19.5 Å². The Labute approximate surface area is 113 Å². The first kappa shape index (κ1) is 29.5. The van der Waals surface area contributed by atoms with Gasteiger partial charge in [-0.25, -0.2) is 6.57 Å². The number of nitrogens with zero attached hydrogens (tertiary/aromatic N) is 2. The zero-order chi connectivity index (χ0) is 13.3. The van der Waals surface area contributed by atoms with Crippen molar-refractivity contribution < 1.29 is 29.1 Å². The topological polar surface area (TPSA) is 41.7 Å². The third-order valence-corrected chi connectivity index (χ3v) is 0.659. The molecule has 0 aliphatic heterocycles. The standard InChI is InChI=1S/C5H10N2.C4H9.2CHO.Ru/c1-6-4-5-7(2)3;1-4(2)3;2*1-2;/h4-5H2,2-3H3;1-3H3;2*1H;/q;3*-1;+4. The van der Waals surface area contributed by atoms with Crippen molar-refractivity contribution >= 4 is 13.6 Å². The normalized spacial score (nSPS) is 6.62. The summed E-state index contributed by atoms with van der Waals surface area (Å²) in [6.07, 6.45) is 0. The molecule has 5 heteroatoms. The third kappa shape index (κ3) is 177. The van der Waals surface area contributed by atoms with Crippen molar-refractivity contribution in [1.29, 1.82) is 0 Å². The first-order valence-corrected chi connectivity index (χ1v) is 4.22. The first-order valence-electron chi connectivity index (χ1n) is 4.22. The van der Waals surface area contributed by atoms with E-state index in [0.717, 1.165) is 6.54 Å². The maximum atomic E-state index is 7.75. The molecule has 94 valence electrons. The van der Waals surface area contributed by atoms with Gasteiger partial charge in [0.05, 0.1) is 6.54 Å². The molecule has 4 nitrogen and oxygen atoms in total. The molecule has 0 aromatic carbocycles. The number of rotatable bonds is 2. The Kier molecular flexibility index (Phi) is 67.6. The van der Waals surface area contributed by atoms with Gasteiger partial charge in [-0.1, -0.05) is 0 Å². The number of likely N-dealkylation sites (N-methyl/N-ethyl adjacent to an activating group) is 1. The van der Waals surface area contributed by atoms with Crippen LogP contribution in [0.2, 0.25) is 0 Å². The molecule has 0 aliphatic carbocycles. The maximum Gasteiger partial charge on any atom is 4.00 e. The van der Waals surface area contributed by atoms with Crippen LogP contribution in [0, 0.1) is 12.5 Å². The first-order chi connectivity index (χ1) is 7.00. The number of hydrogen-bond acceptors (Lipinski definition) is 3. The fourth-order valence-corrected chi connectivity index (χ4v) is 0.250. The molecular formula is C11H21N2O2Ru+. The molecule has 0 bridgehead atoms. The molecule has 16 heavy (non-hydrogen) atoms. The quantitative estimate of drug-likeness (QED) is 0.441. The summed E-state index contributed by atoms with van der Waals surface area (Å²) in [5.41, 5.74) is 0. The molecule has 0 unspecified atom stereocenters. The fraction of sp³-hybridized carbons (Fsp3) is 0.636. The van der Waals surface area contributed by atoms with Crippen LogP contribution in [0.4, 0.5) is 0 Å². The molecule has 0 aromatic rings. The van der Waals surface area contributed by atoms with Gasteiger partial charge in [-0.2, -0.15) is 20.8 Å². The van der Waals surface area contributed by atoms with Crippen molar-refractivity contribution in [1.82, 2.24) is 4.90 Å². The molecule has 0 N–H and O–H groups in total. The average Bonchev–Trinajstić information content (AvgIpc) is 2.20. The minimum atomic E-state index is 0. The van der Waals surface area contributed by atoms with E-state index in [4.69, 9.17) is 16.2 Å². The average molecular weight is 314 g/mol. The van der Waals surface area contributed by atoms with Crippen molar-refractivity contribution in [3.63, 3.8) is 0 Å². The van der Waals surface area contributed by atoms with Crippen LogP contribution in [0.15, 0.2) is 0 Å².